The van der Waals surface area contributed by atoms with Crippen LogP contribution in [0, 0.1) is 6.92 Å². The first-order valence-corrected chi connectivity index (χ1v) is 11.2. The van der Waals surface area contributed by atoms with Crippen LogP contribution in [0.25, 0.3) is 10.1 Å². The highest BCUT2D eigenvalue weighted by Crippen LogP contribution is 2.26. The molecule has 1 aromatic heterocycles. The third kappa shape index (κ3) is 4.31. The first-order valence-electron chi connectivity index (χ1n) is 8.61. The summed E-state index contributed by atoms with van der Waals surface area (Å²) in [5.41, 5.74) is 4.81. The van der Waals surface area contributed by atoms with Crippen molar-refractivity contribution >= 4 is 31.3 Å². The maximum Gasteiger partial charge on any atom is 0.156 e. The third-order valence-corrected chi connectivity index (χ3v) is 7.85. The molecule has 3 rings (SSSR count). The maximum atomic E-state index is 12.0. The summed E-state index contributed by atoms with van der Waals surface area (Å²) in [6.07, 6.45) is 1.96. The molecule has 0 saturated carbocycles. The highest BCUT2D eigenvalue weighted by atomic mass is 32.2. The number of thiophene rings is 1. The van der Waals surface area contributed by atoms with Gasteiger partial charge in [-0.05, 0) is 72.7 Å². The van der Waals surface area contributed by atoms with Gasteiger partial charge in [0.2, 0.25) is 0 Å². The minimum Gasteiger partial charge on any atom is -0.228 e. The molecule has 0 atom stereocenters. The van der Waals surface area contributed by atoms with Crippen molar-refractivity contribution in [1.29, 1.82) is 0 Å². The van der Waals surface area contributed by atoms with Gasteiger partial charge in [0.1, 0.15) is 0 Å². The van der Waals surface area contributed by atoms with Crippen LogP contribution in [0.2, 0.25) is 0 Å². The van der Waals surface area contributed by atoms with Crippen LogP contribution in [0.15, 0.2) is 47.8 Å². The van der Waals surface area contributed by atoms with Crippen molar-refractivity contribution in [2.24, 2.45) is 0 Å². The van der Waals surface area contributed by atoms with Crippen LogP contribution in [-0.4, -0.2) is 13.7 Å². The molecule has 0 saturated heterocycles. The largest absolute Gasteiger partial charge is 0.228 e. The van der Waals surface area contributed by atoms with Crippen molar-refractivity contribution < 1.29 is 8.42 Å². The van der Waals surface area contributed by atoms with E-state index in [1.165, 1.54) is 26.8 Å². The molecule has 0 amide bonds. The van der Waals surface area contributed by atoms with Gasteiger partial charge in [-0.3, -0.25) is 0 Å². The molecule has 132 valence electrons. The topological polar surface area (TPSA) is 34.1 Å². The van der Waals surface area contributed by atoms with Crippen molar-refractivity contribution in [3.8, 4) is 0 Å². The fourth-order valence-electron chi connectivity index (χ4n) is 2.97. The molecular weight excluding hydrogens is 348 g/mol. The van der Waals surface area contributed by atoms with Crippen molar-refractivity contribution in [3.63, 3.8) is 0 Å². The van der Waals surface area contributed by atoms with Gasteiger partial charge >= 0.3 is 0 Å². The van der Waals surface area contributed by atoms with Crippen LogP contribution in [0.1, 0.15) is 36.1 Å². The molecular formula is C21H24O2S2. The van der Waals surface area contributed by atoms with Crippen LogP contribution < -0.4 is 0 Å². The molecule has 0 spiro atoms. The Kier molecular flexibility index (Phi) is 5.30. The third-order valence-electron chi connectivity index (χ3n) is 4.61. The van der Waals surface area contributed by atoms with E-state index < -0.39 is 9.84 Å². The van der Waals surface area contributed by atoms with Crippen molar-refractivity contribution in [2.75, 3.05) is 0 Å². The first kappa shape index (κ1) is 18.2. The van der Waals surface area contributed by atoms with E-state index in [0.29, 0.717) is 0 Å². The fourth-order valence-corrected chi connectivity index (χ4v) is 4.82. The van der Waals surface area contributed by atoms with Crippen LogP contribution >= 0.6 is 11.3 Å². The second kappa shape index (κ2) is 7.30. The van der Waals surface area contributed by atoms with E-state index >= 15 is 0 Å². The Morgan fingerprint density at radius 1 is 0.920 bits per heavy atom. The van der Waals surface area contributed by atoms with Gasteiger partial charge in [-0.2, -0.15) is 0 Å². The van der Waals surface area contributed by atoms with Crippen molar-refractivity contribution in [1.82, 2.24) is 0 Å². The summed E-state index contributed by atoms with van der Waals surface area (Å²) in [7, 11) is -3.04. The van der Waals surface area contributed by atoms with Gasteiger partial charge in [-0.25, -0.2) is 8.42 Å². The monoisotopic (exact) mass is 372 g/mol. The zero-order valence-electron chi connectivity index (χ0n) is 15.0. The minimum absolute atomic E-state index is 0.124. The van der Waals surface area contributed by atoms with Gasteiger partial charge in [0.15, 0.2) is 9.84 Å². The summed E-state index contributed by atoms with van der Waals surface area (Å²) in [6, 6.07) is 14.7. The predicted octanol–water partition coefficient (Wildman–Crippen LogP) is 5.32. The molecule has 25 heavy (non-hydrogen) atoms. The summed E-state index contributed by atoms with van der Waals surface area (Å²) in [5, 5.41) is 3.14. The molecule has 2 nitrogen and oxygen atoms in total. The Morgan fingerprint density at radius 2 is 1.56 bits per heavy atom. The number of sulfone groups is 1. The Labute approximate surface area is 154 Å². The lowest BCUT2D eigenvalue weighted by atomic mass is 10.0. The number of rotatable bonds is 6. The molecule has 0 aliphatic heterocycles. The summed E-state index contributed by atoms with van der Waals surface area (Å²) in [6.45, 7) is 5.64. The second-order valence-corrected chi connectivity index (χ2v) is 10.4. The van der Waals surface area contributed by atoms with Gasteiger partial charge in [0, 0.05) is 4.70 Å². The number of fused-ring (bicyclic) bond motifs is 1. The van der Waals surface area contributed by atoms with Crippen molar-refractivity contribution in [3.05, 3.63) is 70.1 Å². The van der Waals surface area contributed by atoms with Gasteiger partial charge < -0.3 is 0 Å². The summed E-state index contributed by atoms with van der Waals surface area (Å²) >= 11 is 1.80. The van der Waals surface area contributed by atoms with E-state index in [4.69, 9.17) is 0 Å². The molecule has 0 aliphatic carbocycles. The maximum absolute atomic E-state index is 12.0. The van der Waals surface area contributed by atoms with E-state index in [2.05, 4.69) is 42.6 Å². The van der Waals surface area contributed by atoms with E-state index in [9.17, 15) is 8.42 Å². The summed E-state index contributed by atoms with van der Waals surface area (Å²) < 4.78 is 25.4. The molecule has 0 radical (unpaired) electrons. The van der Waals surface area contributed by atoms with Crippen LogP contribution in [-0.2, 0) is 28.4 Å². The highest BCUT2D eigenvalue weighted by molar-refractivity contribution is 7.91. The van der Waals surface area contributed by atoms with Crippen LogP contribution in [0.5, 0.6) is 0 Å². The smallest absolute Gasteiger partial charge is 0.156 e. The van der Waals surface area contributed by atoms with Gasteiger partial charge in [0.05, 0.1) is 11.0 Å². The highest BCUT2D eigenvalue weighted by Gasteiger charge is 2.16. The number of benzene rings is 2. The number of aryl methyl sites for hydroxylation is 3. The zero-order chi connectivity index (χ0) is 18.0. The standard InChI is InChI=1S/C21H24O2S2/c1-15(2)25(22,23)14-18-7-4-17(5-8-18)6-9-19-12-16(3)21-20(13-19)10-11-24-21/h4-5,7-8,10-13,15H,6,9,14H2,1-3H3. The van der Waals surface area contributed by atoms with Crippen LogP contribution in [0.3, 0.4) is 0 Å². The average Bonchev–Trinajstić information content (AvgIpc) is 3.03. The zero-order valence-corrected chi connectivity index (χ0v) is 16.6. The first-order chi connectivity index (χ1) is 11.8. The molecule has 0 bridgehead atoms. The Balaban J connectivity index is 1.67. The van der Waals surface area contributed by atoms with E-state index in [0.717, 1.165) is 18.4 Å². The molecule has 0 N–H and O–H groups in total. The van der Waals surface area contributed by atoms with Gasteiger partial charge in [-0.15, -0.1) is 11.3 Å². The van der Waals surface area contributed by atoms with Gasteiger partial charge in [0.25, 0.3) is 0 Å². The Bertz CT molecular complexity index is 965. The number of hydrogen-bond donors (Lipinski definition) is 0. The quantitative estimate of drug-likeness (QED) is 0.587. The summed E-state index contributed by atoms with van der Waals surface area (Å²) in [4.78, 5) is 0. The molecule has 0 fully saturated rings. The molecule has 1 heterocycles. The molecule has 2 aromatic carbocycles. The molecule has 3 aromatic rings. The second-order valence-electron chi connectivity index (χ2n) is 6.92. The lowest BCUT2D eigenvalue weighted by Crippen LogP contribution is -2.15. The molecule has 0 unspecified atom stereocenters. The minimum atomic E-state index is -3.04. The van der Waals surface area contributed by atoms with Crippen molar-refractivity contribution in [2.45, 2.75) is 44.6 Å². The number of hydrogen-bond acceptors (Lipinski definition) is 3. The normalized spacial score (nSPS) is 12.2. The van der Waals surface area contributed by atoms with E-state index in [-0.39, 0.29) is 11.0 Å². The SMILES string of the molecule is Cc1cc(CCc2ccc(CS(=O)(=O)C(C)C)cc2)cc2ccsc12. The lowest BCUT2D eigenvalue weighted by Gasteiger charge is -2.09. The fraction of sp³-hybridized carbons (Fsp3) is 0.333. The van der Waals surface area contributed by atoms with E-state index in [1.807, 2.05) is 12.1 Å². The molecule has 0 aliphatic rings. The van der Waals surface area contributed by atoms with E-state index in [1.54, 1.807) is 25.2 Å². The molecule has 4 heteroatoms. The Morgan fingerprint density at radius 3 is 2.24 bits per heavy atom. The van der Waals surface area contributed by atoms with Crippen LogP contribution in [0.4, 0.5) is 0 Å². The predicted molar refractivity (Wildman–Crippen MR) is 108 cm³/mol. The Hall–Kier alpha value is -1.65. The lowest BCUT2D eigenvalue weighted by molar-refractivity contribution is 0.586. The average molecular weight is 373 g/mol. The summed E-state index contributed by atoms with van der Waals surface area (Å²) in [5.74, 6) is 0.124. The van der Waals surface area contributed by atoms with Gasteiger partial charge in [-0.1, -0.05) is 36.4 Å².